The third-order valence-electron chi connectivity index (χ3n) is 5.29. The maximum Gasteiger partial charge on any atom is 0.270 e. The highest BCUT2D eigenvalue weighted by molar-refractivity contribution is 8.27. The van der Waals surface area contributed by atoms with Crippen molar-refractivity contribution in [3.8, 4) is 17.2 Å². The standard InChI is InChI=1S/C26H21ClN2O6S2/c1-3-34-23-12-17(6-10-22(23)35-15-16-4-7-18(8-5-16)29(31)32)13-24-25(30)28(26(36)37-24)19-9-11-21(33-2)20(27)14-19/h4-14H,3,15H2,1-2H3/b24-13+. The average Bonchev–Trinajstić information content (AvgIpc) is 3.16. The van der Waals surface area contributed by atoms with E-state index < -0.39 is 4.92 Å². The first-order valence-corrected chi connectivity index (χ1v) is 12.7. The Morgan fingerprint density at radius 3 is 2.43 bits per heavy atom. The summed E-state index contributed by atoms with van der Waals surface area (Å²) < 4.78 is 17.2. The van der Waals surface area contributed by atoms with Crippen molar-refractivity contribution in [3.05, 3.63) is 91.8 Å². The van der Waals surface area contributed by atoms with Gasteiger partial charge in [-0.2, -0.15) is 0 Å². The SMILES string of the molecule is CCOc1cc(/C=C2/SC(=S)N(c3ccc(OC)c(Cl)c3)C2=O)ccc1OCc1ccc([N+](=O)[O-])cc1. The molecule has 0 spiro atoms. The second-order valence-electron chi connectivity index (χ2n) is 7.69. The van der Waals surface area contributed by atoms with Crippen molar-refractivity contribution < 1.29 is 23.9 Å². The number of carbonyl (C=O) groups is 1. The van der Waals surface area contributed by atoms with Gasteiger partial charge < -0.3 is 14.2 Å². The minimum Gasteiger partial charge on any atom is -0.495 e. The minimum absolute atomic E-state index is 0.0172. The summed E-state index contributed by atoms with van der Waals surface area (Å²) in [4.78, 5) is 25.4. The third-order valence-corrected chi connectivity index (χ3v) is 6.89. The fourth-order valence-corrected chi connectivity index (χ4v) is 5.06. The lowest BCUT2D eigenvalue weighted by Gasteiger charge is -2.15. The minimum atomic E-state index is -0.448. The Balaban J connectivity index is 1.52. The molecule has 1 aliphatic rings. The van der Waals surface area contributed by atoms with Crippen molar-refractivity contribution in [2.24, 2.45) is 0 Å². The molecule has 8 nitrogen and oxygen atoms in total. The molecule has 37 heavy (non-hydrogen) atoms. The molecule has 1 aliphatic heterocycles. The van der Waals surface area contributed by atoms with Crippen molar-refractivity contribution in [2.75, 3.05) is 18.6 Å². The quantitative estimate of drug-likeness (QED) is 0.125. The van der Waals surface area contributed by atoms with Crippen molar-refractivity contribution >= 4 is 63.3 Å². The summed E-state index contributed by atoms with van der Waals surface area (Å²) >= 11 is 12.9. The number of hydrogen-bond donors (Lipinski definition) is 0. The predicted molar refractivity (Wildman–Crippen MR) is 149 cm³/mol. The second-order valence-corrected chi connectivity index (χ2v) is 9.77. The summed E-state index contributed by atoms with van der Waals surface area (Å²) in [5, 5.41) is 11.2. The van der Waals surface area contributed by atoms with E-state index in [-0.39, 0.29) is 18.2 Å². The average molecular weight is 557 g/mol. The molecule has 0 aromatic heterocycles. The highest BCUT2D eigenvalue weighted by atomic mass is 35.5. The highest BCUT2D eigenvalue weighted by Gasteiger charge is 2.33. The van der Waals surface area contributed by atoms with Gasteiger partial charge in [-0.3, -0.25) is 19.8 Å². The number of thiocarbonyl (C=S) groups is 1. The van der Waals surface area contributed by atoms with Crippen molar-refractivity contribution in [1.29, 1.82) is 0 Å². The van der Waals surface area contributed by atoms with Crippen LogP contribution in [0.1, 0.15) is 18.1 Å². The number of non-ortho nitro benzene ring substituents is 1. The van der Waals surface area contributed by atoms with Crippen molar-refractivity contribution in [2.45, 2.75) is 13.5 Å². The lowest BCUT2D eigenvalue weighted by molar-refractivity contribution is -0.384. The molecule has 3 aromatic rings. The molecule has 1 amide bonds. The number of nitro benzene ring substituents is 1. The normalized spacial score (nSPS) is 14.2. The largest absolute Gasteiger partial charge is 0.495 e. The van der Waals surface area contributed by atoms with Gasteiger partial charge in [0.05, 0.1) is 34.3 Å². The Labute approximate surface area is 227 Å². The summed E-state index contributed by atoms with van der Waals surface area (Å²) in [6, 6.07) is 16.5. The number of carbonyl (C=O) groups excluding carboxylic acids is 1. The summed E-state index contributed by atoms with van der Waals surface area (Å²) in [6.07, 6.45) is 1.74. The van der Waals surface area contributed by atoms with Crippen LogP contribution in [0.5, 0.6) is 17.2 Å². The van der Waals surface area contributed by atoms with Gasteiger partial charge >= 0.3 is 0 Å². The number of halogens is 1. The number of anilines is 1. The first kappa shape index (κ1) is 26.5. The number of nitro groups is 1. The monoisotopic (exact) mass is 556 g/mol. The van der Waals surface area contributed by atoms with E-state index >= 15 is 0 Å². The highest BCUT2D eigenvalue weighted by Crippen LogP contribution is 2.39. The van der Waals surface area contributed by atoms with Crippen LogP contribution in [0, 0.1) is 10.1 Å². The molecule has 0 unspecified atom stereocenters. The third kappa shape index (κ3) is 6.04. The number of amides is 1. The smallest absolute Gasteiger partial charge is 0.270 e. The van der Waals surface area contributed by atoms with Crippen molar-refractivity contribution in [3.63, 3.8) is 0 Å². The van der Waals surface area contributed by atoms with Gasteiger partial charge in [0.15, 0.2) is 15.8 Å². The van der Waals surface area contributed by atoms with Crippen LogP contribution in [0.15, 0.2) is 65.6 Å². The predicted octanol–water partition coefficient (Wildman–Crippen LogP) is 6.64. The molecule has 1 heterocycles. The summed E-state index contributed by atoms with van der Waals surface area (Å²) in [5.74, 6) is 1.27. The van der Waals surface area contributed by atoms with E-state index in [1.165, 1.54) is 35.9 Å². The zero-order chi connectivity index (χ0) is 26.5. The second kappa shape index (κ2) is 11.6. The molecule has 4 rings (SSSR count). The molecule has 0 saturated carbocycles. The first-order valence-electron chi connectivity index (χ1n) is 11.0. The molecule has 0 aliphatic carbocycles. The Bertz CT molecular complexity index is 1390. The molecule has 0 radical (unpaired) electrons. The fraction of sp³-hybridized carbons (Fsp3) is 0.154. The molecule has 3 aromatic carbocycles. The van der Waals surface area contributed by atoms with E-state index in [0.29, 0.717) is 43.8 Å². The van der Waals surface area contributed by atoms with Crippen LogP contribution < -0.4 is 19.1 Å². The molecule has 1 fully saturated rings. The van der Waals surface area contributed by atoms with E-state index in [9.17, 15) is 14.9 Å². The maximum absolute atomic E-state index is 13.2. The number of rotatable bonds is 9. The number of benzene rings is 3. The van der Waals surface area contributed by atoms with Crippen LogP contribution >= 0.6 is 35.6 Å². The molecule has 0 N–H and O–H groups in total. The van der Waals surface area contributed by atoms with Crippen LogP contribution in [-0.4, -0.2) is 28.9 Å². The first-order chi connectivity index (χ1) is 17.8. The Hall–Kier alpha value is -3.60. The van der Waals surface area contributed by atoms with E-state index in [2.05, 4.69) is 0 Å². The van der Waals surface area contributed by atoms with Gasteiger partial charge in [0.25, 0.3) is 11.6 Å². The Morgan fingerprint density at radius 2 is 1.78 bits per heavy atom. The number of methoxy groups -OCH3 is 1. The van der Waals surface area contributed by atoms with Crippen LogP contribution in [0.4, 0.5) is 11.4 Å². The van der Waals surface area contributed by atoms with E-state index in [1.807, 2.05) is 13.0 Å². The molecule has 0 bridgehead atoms. The fourth-order valence-electron chi connectivity index (χ4n) is 3.51. The lowest BCUT2D eigenvalue weighted by atomic mass is 10.1. The van der Waals surface area contributed by atoms with Gasteiger partial charge in [-0.1, -0.05) is 41.6 Å². The van der Waals surface area contributed by atoms with Crippen molar-refractivity contribution in [1.82, 2.24) is 0 Å². The molecule has 0 atom stereocenters. The zero-order valence-corrected chi connectivity index (χ0v) is 22.2. The summed E-state index contributed by atoms with van der Waals surface area (Å²) in [6.45, 7) is 2.48. The molecule has 11 heteroatoms. The Kier molecular flexibility index (Phi) is 8.32. The molecule has 1 saturated heterocycles. The number of thioether (sulfide) groups is 1. The van der Waals surface area contributed by atoms with Gasteiger partial charge in [0.2, 0.25) is 0 Å². The van der Waals surface area contributed by atoms with E-state index in [1.54, 1.807) is 48.5 Å². The Morgan fingerprint density at radius 1 is 1.05 bits per heavy atom. The lowest BCUT2D eigenvalue weighted by Crippen LogP contribution is -2.27. The number of ether oxygens (including phenoxy) is 3. The number of nitrogens with zero attached hydrogens (tertiary/aromatic N) is 2. The van der Waals surface area contributed by atoms with Crippen LogP contribution in [-0.2, 0) is 11.4 Å². The van der Waals surface area contributed by atoms with Crippen LogP contribution in [0.2, 0.25) is 5.02 Å². The summed E-state index contributed by atoms with van der Waals surface area (Å²) in [5.41, 5.74) is 2.09. The number of hydrogen-bond acceptors (Lipinski definition) is 8. The van der Waals surface area contributed by atoms with Crippen LogP contribution in [0.25, 0.3) is 6.08 Å². The van der Waals surface area contributed by atoms with Gasteiger partial charge in [-0.05, 0) is 66.6 Å². The topological polar surface area (TPSA) is 91.1 Å². The zero-order valence-electron chi connectivity index (χ0n) is 19.8. The van der Waals surface area contributed by atoms with Gasteiger partial charge in [-0.15, -0.1) is 0 Å². The van der Waals surface area contributed by atoms with Gasteiger partial charge in [0, 0.05) is 12.1 Å². The van der Waals surface area contributed by atoms with E-state index in [4.69, 9.17) is 38.0 Å². The molecular weight excluding hydrogens is 536 g/mol. The van der Waals surface area contributed by atoms with Crippen LogP contribution in [0.3, 0.4) is 0 Å². The molecule has 190 valence electrons. The van der Waals surface area contributed by atoms with Gasteiger partial charge in [-0.25, -0.2) is 0 Å². The van der Waals surface area contributed by atoms with Gasteiger partial charge in [0.1, 0.15) is 12.4 Å². The van der Waals surface area contributed by atoms with E-state index in [0.717, 1.165) is 11.1 Å². The summed E-state index contributed by atoms with van der Waals surface area (Å²) in [7, 11) is 1.52. The maximum atomic E-state index is 13.2. The molecular formula is C26H21ClN2O6S2.